The molecule has 2 atom stereocenters. The van der Waals surface area contributed by atoms with Crippen LogP contribution in [-0.4, -0.2) is 37.1 Å². The first kappa shape index (κ1) is 17.4. The fourth-order valence-electron chi connectivity index (χ4n) is 2.60. The van der Waals surface area contributed by atoms with Gasteiger partial charge in [-0.05, 0) is 31.2 Å². The number of carbonyl (C=O) groups is 3. The number of carbonyl (C=O) groups excluding carboxylic acids is 3. The molecule has 0 saturated heterocycles. The fourth-order valence-corrected chi connectivity index (χ4v) is 3.73. The molecule has 126 valence electrons. The number of alkyl halides is 1. The van der Waals surface area contributed by atoms with E-state index in [9.17, 15) is 18.8 Å². The number of nitrogens with two attached hydrogens (primary N) is 1. The zero-order valence-corrected chi connectivity index (χ0v) is 13.6. The maximum atomic E-state index is 13.5. The van der Waals surface area contributed by atoms with Crippen LogP contribution in [0.4, 0.5) is 4.39 Å². The van der Waals surface area contributed by atoms with Gasteiger partial charge in [0.05, 0.1) is 12.7 Å². The van der Waals surface area contributed by atoms with Crippen LogP contribution in [0.15, 0.2) is 5.38 Å². The molecule has 2 rings (SSSR count). The first-order valence-electron chi connectivity index (χ1n) is 7.35. The number of aryl methyl sites for hydroxylation is 1. The molecule has 23 heavy (non-hydrogen) atoms. The molecule has 1 heterocycles. The van der Waals surface area contributed by atoms with E-state index in [-0.39, 0.29) is 0 Å². The van der Waals surface area contributed by atoms with Crippen molar-refractivity contribution in [1.29, 1.82) is 0 Å². The standard InChI is InChI=1S/C15H19FN2O4S/c1-22-15(21)11(6-10(16)13(17)19)18-14(20)9-7-23-12-5-3-2-4-8(9)12/h7,10-11H,2-6H2,1H3,(H2,17,19)(H,18,20)/t10-,11+/m1/s1. The van der Waals surface area contributed by atoms with Crippen molar-refractivity contribution < 1.29 is 23.5 Å². The summed E-state index contributed by atoms with van der Waals surface area (Å²) in [6, 6.07) is -1.26. The molecule has 0 unspecified atom stereocenters. The van der Waals surface area contributed by atoms with Crippen LogP contribution in [0.2, 0.25) is 0 Å². The normalized spacial score (nSPS) is 16.1. The lowest BCUT2D eigenvalue weighted by atomic mass is 9.95. The molecule has 8 heteroatoms. The van der Waals surface area contributed by atoms with Gasteiger partial charge in [0.1, 0.15) is 6.04 Å². The van der Waals surface area contributed by atoms with E-state index in [1.165, 1.54) is 16.2 Å². The monoisotopic (exact) mass is 342 g/mol. The van der Waals surface area contributed by atoms with Crippen LogP contribution in [0, 0.1) is 0 Å². The van der Waals surface area contributed by atoms with Gasteiger partial charge >= 0.3 is 5.97 Å². The summed E-state index contributed by atoms with van der Waals surface area (Å²) in [5, 5.41) is 4.20. The zero-order valence-electron chi connectivity index (χ0n) is 12.8. The maximum absolute atomic E-state index is 13.5. The Bertz CT molecular complexity index is 617. The van der Waals surface area contributed by atoms with Crippen molar-refractivity contribution in [2.24, 2.45) is 5.73 Å². The number of amides is 2. The SMILES string of the molecule is COC(=O)[C@H](C[C@@H](F)C(N)=O)NC(=O)c1csc2c1CCCC2. The lowest BCUT2D eigenvalue weighted by molar-refractivity contribution is -0.143. The summed E-state index contributed by atoms with van der Waals surface area (Å²) < 4.78 is 18.1. The number of thiophene rings is 1. The Morgan fingerprint density at radius 2 is 2.09 bits per heavy atom. The van der Waals surface area contributed by atoms with Gasteiger partial charge in [0, 0.05) is 16.7 Å². The minimum atomic E-state index is -2.03. The zero-order chi connectivity index (χ0) is 17.0. The summed E-state index contributed by atoms with van der Waals surface area (Å²) in [5.74, 6) is -2.45. The van der Waals surface area contributed by atoms with E-state index in [0.717, 1.165) is 38.4 Å². The van der Waals surface area contributed by atoms with Crippen LogP contribution < -0.4 is 11.1 Å². The molecule has 6 nitrogen and oxygen atoms in total. The van der Waals surface area contributed by atoms with E-state index in [2.05, 4.69) is 10.1 Å². The molecular formula is C15H19FN2O4S. The fraction of sp³-hybridized carbons (Fsp3) is 0.533. The van der Waals surface area contributed by atoms with Gasteiger partial charge in [0.15, 0.2) is 6.17 Å². The highest BCUT2D eigenvalue weighted by molar-refractivity contribution is 7.10. The smallest absolute Gasteiger partial charge is 0.328 e. The van der Waals surface area contributed by atoms with Crippen LogP contribution in [0.5, 0.6) is 0 Å². The molecule has 3 N–H and O–H groups in total. The summed E-state index contributed by atoms with van der Waals surface area (Å²) in [4.78, 5) is 36.1. The van der Waals surface area contributed by atoms with Gasteiger partial charge in [-0.2, -0.15) is 0 Å². The van der Waals surface area contributed by atoms with Gasteiger partial charge < -0.3 is 15.8 Å². The minimum Gasteiger partial charge on any atom is -0.467 e. The maximum Gasteiger partial charge on any atom is 0.328 e. The number of primary amides is 1. The van der Waals surface area contributed by atoms with Crippen molar-refractivity contribution in [2.75, 3.05) is 7.11 Å². The molecule has 0 bridgehead atoms. The number of methoxy groups -OCH3 is 1. The molecule has 1 aromatic rings. The lowest BCUT2D eigenvalue weighted by Gasteiger charge is -2.18. The summed E-state index contributed by atoms with van der Waals surface area (Å²) in [6.07, 6.45) is 1.30. The predicted octanol–water partition coefficient (Wildman–Crippen LogP) is 1.11. The average Bonchev–Trinajstić information content (AvgIpc) is 2.97. The Kier molecular flexibility index (Phi) is 5.70. The van der Waals surface area contributed by atoms with E-state index >= 15 is 0 Å². The van der Waals surface area contributed by atoms with Crippen LogP contribution in [0.25, 0.3) is 0 Å². The Balaban J connectivity index is 2.12. The molecule has 1 aromatic heterocycles. The van der Waals surface area contributed by atoms with Crippen molar-refractivity contribution in [2.45, 2.75) is 44.3 Å². The van der Waals surface area contributed by atoms with Gasteiger partial charge in [-0.3, -0.25) is 9.59 Å². The molecule has 0 radical (unpaired) electrons. The largest absolute Gasteiger partial charge is 0.467 e. The third kappa shape index (κ3) is 4.07. The number of fused-ring (bicyclic) bond motifs is 1. The number of ether oxygens (including phenoxy) is 1. The quantitative estimate of drug-likeness (QED) is 0.757. The number of rotatable bonds is 6. The van der Waals surface area contributed by atoms with Crippen molar-refractivity contribution in [1.82, 2.24) is 5.32 Å². The molecule has 0 fully saturated rings. The third-order valence-corrected chi connectivity index (χ3v) is 4.94. The summed E-state index contributed by atoms with van der Waals surface area (Å²) >= 11 is 1.52. The van der Waals surface area contributed by atoms with Crippen molar-refractivity contribution in [3.05, 3.63) is 21.4 Å². The average molecular weight is 342 g/mol. The number of hydrogen-bond acceptors (Lipinski definition) is 5. The van der Waals surface area contributed by atoms with E-state index in [0.29, 0.717) is 5.56 Å². The molecule has 0 spiro atoms. The summed E-state index contributed by atoms with van der Waals surface area (Å²) in [7, 11) is 1.13. The third-order valence-electron chi connectivity index (χ3n) is 3.85. The Morgan fingerprint density at radius 1 is 1.39 bits per heavy atom. The molecule has 0 aromatic carbocycles. The van der Waals surface area contributed by atoms with Crippen LogP contribution in [0.1, 0.15) is 40.1 Å². The molecule has 0 saturated carbocycles. The highest BCUT2D eigenvalue weighted by atomic mass is 32.1. The van der Waals surface area contributed by atoms with Gasteiger partial charge in [0.2, 0.25) is 0 Å². The highest BCUT2D eigenvalue weighted by Gasteiger charge is 2.30. The van der Waals surface area contributed by atoms with Crippen molar-refractivity contribution in [3.63, 3.8) is 0 Å². The first-order chi connectivity index (χ1) is 10.9. The summed E-state index contributed by atoms with van der Waals surface area (Å²) in [5.41, 5.74) is 6.37. The Hall–Kier alpha value is -1.96. The predicted molar refractivity (Wildman–Crippen MR) is 82.9 cm³/mol. The van der Waals surface area contributed by atoms with Gasteiger partial charge in [-0.1, -0.05) is 0 Å². The number of nitrogens with one attached hydrogen (secondary N) is 1. The summed E-state index contributed by atoms with van der Waals surface area (Å²) in [6.45, 7) is 0. The Labute approximate surface area is 137 Å². The van der Waals surface area contributed by atoms with Crippen LogP contribution >= 0.6 is 11.3 Å². The topological polar surface area (TPSA) is 98.5 Å². The second-order valence-corrected chi connectivity index (χ2v) is 6.38. The number of hydrogen-bond donors (Lipinski definition) is 2. The van der Waals surface area contributed by atoms with E-state index < -0.39 is 36.4 Å². The Morgan fingerprint density at radius 3 is 2.74 bits per heavy atom. The number of halogens is 1. The molecular weight excluding hydrogens is 323 g/mol. The first-order valence-corrected chi connectivity index (χ1v) is 8.23. The lowest BCUT2D eigenvalue weighted by Crippen LogP contribution is -2.45. The van der Waals surface area contributed by atoms with Crippen molar-refractivity contribution >= 4 is 29.1 Å². The van der Waals surface area contributed by atoms with Gasteiger partial charge in [-0.25, -0.2) is 9.18 Å². The minimum absolute atomic E-state index is 0.462. The van der Waals surface area contributed by atoms with Gasteiger partial charge in [-0.15, -0.1) is 11.3 Å². The van der Waals surface area contributed by atoms with Crippen LogP contribution in [-0.2, 0) is 27.2 Å². The van der Waals surface area contributed by atoms with Crippen molar-refractivity contribution in [3.8, 4) is 0 Å². The molecule has 0 aliphatic heterocycles. The van der Waals surface area contributed by atoms with Gasteiger partial charge in [0.25, 0.3) is 11.8 Å². The molecule has 1 aliphatic carbocycles. The van der Waals surface area contributed by atoms with Crippen LogP contribution in [0.3, 0.4) is 0 Å². The highest BCUT2D eigenvalue weighted by Crippen LogP contribution is 2.30. The van der Waals surface area contributed by atoms with E-state index in [4.69, 9.17) is 5.73 Å². The second kappa shape index (κ2) is 7.54. The number of esters is 1. The second-order valence-electron chi connectivity index (χ2n) is 5.41. The molecule has 1 aliphatic rings. The van der Waals surface area contributed by atoms with E-state index in [1.54, 1.807) is 5.38 Å². The molecule has 2 amide bonds. The van der Waals surface area contributed by atoms with E-state index in [1.807, 2.05) is 0 Å².